The Morgan fingerprint density at radius 1 is 0.946 bits per heavy atom. The standard InChI is InChI=1S/C27H34N4O4S2/c1-7-9-23-19(5)35-15-22(23)13-25(32)30-20(6)36-16(2)10-8-11-24(28)37-27(29)31-26(33)12-21-14-34-18(4)17(21)3/h7,9,14-15,28H,2,6,8,10-13H2,1,3-5H3,(H,30,32)(H2,29,31,33)/b9-7-,28-24?. The van der Waals surface area contributed by atoms with Crippen LogP contribution in [0.5, 0.6) is 0 Å². The maximum Gasteiger partial charge on any atom is 0.230 e. The van der Waals surface area contributed by atoms with Crippen molar-refractivity contribution in [3.8, 4) is 0 Å². The first-order chi connectivity index (χ1) is 17.5. The summed E-state index contributed by atoms with van der Waals surface area (Å²) in [7, 11) is 0. The molecule has 198 valence electrons. The first kappa shape index (κ1) is 30.0. The van der Waals surface area contributed by atoms with Gasteiger partial charge in [-0.3, -0.25) is 20.4 Å². The summed E-state index contributed by atoms with van der Waals surface area (Å²) in [4.78, 5) is 25.4. The fourth-order valence-electron chi connectivity index (χ4n) is 3.39. The molecule has 0 fully saturated rings. The summed E-state index contributed by atoms with van der Waals surface area (Å²) >= 11 is 2.21. The maximum atomic E-state index is 12.4. The highest BCUT2D eigenvalue weighted by atomic mass is 32.2. The zero-order chi connectivity index (χ0) is 27.5. The van der Waals surface area contributed by atoms with Crippen molar-refractivity contribution in [2.45, 2.75) is 59.8 Å². The van der Waals surface area contributed by atoms with Crippen LogP contribution in [0.25, 0.3) is 6.08 Å². The van der Waals surface area contributed by atoms with E-state index in [-0.39, 0.29) is 34.9 Å². The Balaban J connectivity index is 1.65. The molecule has 8 nitrogen and oxygen atoms in total. The van der Waals surface area contributed by atoms with Gasteiger partial charge in [0.05, 0.1) is 35.4 Å². The zero-order valence-corrected chi connectivity index (χ0v) is 23.3. The average molecular weight is 543 g/mol. The fraction of sp³-hybridized carbons (Fsp3) is 0.333. The van der Waals surface area contributed by atoms with E-state index in [0.717, 1.165) is 50.4 Å². The van der Waals surface area contributed by atoms with Crippen LogP contribution in [-0.4, -0.2) is 22.0 Å². The Labute approximate surface area is 226 Å². The van der Waals surface area contributed by atoms with Crippen LogP contribution >= 0.6 is 23.5 Å². The van der Waals surface area contributed by atoms with Gasteiger partial charge >= 0.3 is 0 Å². The number of aryl methyl sites for hydroxylation is 2. The van der Waals surface area contributed by atoms with Crippen LogP contribution in [0.15, 0.2) is 50.5 Å². The Hall–Kier alpha value is -3.24. The SMILES string of the molecule is C=C(CCCC(=N)SC(=N)NC(=O)Cc1coc(C)c1C)SC(=C)NC(=O)Cc1coc(C)c1/C=C\C. The third-order valence-corrected chi connectivity index (χ3v) is 7.01. The lowest BCUT2D eigenvalue weighted by atomic mass is 10.1. The summed E-state index contributed by atoms with van der Waals surface area (Å²) in [5.41, 5.74) is 3.44. The fourth-order valence-corrected chi connectivity index (χ4v) is 4.81. The summed E-state index contributed by atoms with van der Waals surface area (Å²) in [6.45, 7) is 15.4. The van der Waals surface area contributed by atoms with E-state index in [1.165, 1.54) is 11.8 Å². The van der Waals surface area contributed by atoms with Crippen LogP contribution in [0.3, 0.4) is 0 Å². The number of amides is 2. The predicted molar refractivity (Wildman–Crippen MR) is 153 cm³/mol. The topological polar surface area (TPSA) is 132 Å². The minimum Gasteiger partial charge on any atom is -0.469 e. The normalized spacial score (nSPS) is 10.9. The Morgan fingerprint density at radius 2 is 1.57 bits per heavy atom. The molecule has 0 atom stereocenters. The molecule has 2 amide bonds. The highest BCUT2D eigenvalue weighted by molar-refractivity contribution is 8.26. The molecule has 0 bridgehead atoms. The number of hydrogen-bond donors (Lipinski definition) is 4. The number of thioether (sulfide) groups is 2. The molecule has 0 unspecified atom stereocenters. The second-order valence-corrected chi connectivity index (χ2v) is 10.8. The molecule has 37 heavy (non-hydrogen) atoms. The molecule has 10 heteroatoms. The van der Waals surface area contributed by atoms with Crippen molar-refractivity contribution >= 4 is 51.6 Å². The Bertz CT molecular complexity index is 1220. The highest BCUT2D eigenvalue weighted by Crippen LogP contribution is 2.26. The molecule has 2 aromatic heterocycles. The molecule has 0 saturated heterocycles. The van der Waals surface area contributed by atoms with E-state index in [1.54, 1.807) is 12.5 Å². The summed E-state index contributed by atoms with van der Waals surface area (Å²) < 4.78 is 10.7. The molecule has 0 aliphatic carbocycles. The van der Waals surface area contributed by atoms with Crippen molar-refractivity contribution in [3.05, 3.63) is 75.5 Å². The molecular formula is C27H34N4O4S2. The zero-order valence-electron chi connectivity index (χ0n) is 21.7. The van der Waals surface area contributed by atoms with Crippen molar-refractivity contribution < 1.29 is 18.4 Å². The van der Waals surface area contributed by atoms with Gasteiger partial charge in [-0.05, 0) is 69.2 Å². The van der Waals surface area contributed by atoms with Gasteiger partial charge in [-0.25, -0.2) is 0 Å². The van der Waals surface area contributed by atoms with Gasteiger partial charge in [-0.2, -0.15) is 0 Å². The summed E-state index contributed by atoms with van der Waals surface area (Å²) in [6, 6.07) is 0. The van der Waals surface area contributed by atoms with Crippen molar-refractivity contribution in [1.29, 1.82) is 10.8 Å². The van der Waals surface area contributed by atoms with E-state index in [1.807, 2.05) is 39.8 Å². The van der Waals surface area contributed by atoms with Crippen LogP contribution in [0.1, 0.15) is 60.0 Å². The van der Waals surface area contributed by atoms with Crippen LogP contribution in [-0.2, 0) is 22.4 Å². The van der Waals surface area contributed by atoms with Gasteiger partial charge in [0.25, 0.3) is 0 Å². The average Bonchev–Trinajstić information content (AvgIpc) is 3.30. The van der Waals surface area contributed by atoms with Crippen LogP contribution in [0.4, 0.5) is 0 Å². The molecule has 2 rings (SSSR count). The lowest BCUT2D eigenvalue weighted by molar-refractivity contribution is -0.120. The van der Waals surface area contributed by atoms with E-state index in [0.29, 0.717) is 24.3 Å². The van der Waals surface area contributed by atoms with E-state index in [2.05, 4.69) is 23.8 Å². The minimum atomic E-state index is -0.319. The first-order valence-electron chi connectivity index (χ1n) is 11.7. The number of carbonyl (C=O) groups excluding carboxylic acids is 2. The molecule has 2 heterocycles. The lowest BCUT2D eigenvalue weighted by Gasteiger charge is -2.10. The van der Waals surface area contributed by atoms with Crippen LogP contribution < -0.4 is 10.6 Å². The molecule has 0 saturated carbocycles. The van der Waals surface area contributed by atoms with Gasteiger partial charge in [0.15, 0.2) is 5.17 Å². The monoisotopic (exact) mass is 542 g/mol. The number of rotatable bonds is 12. The molecule has 0 aliphatic heterocycles. The van der Waals surface area contributed by atoms with E-state index in [4.69, 9.17) is 19.7 Å². The van der Waals surface area contributed by atoms with Gasteiger partial charge in [0.2, 0.25) is 11.8 Å². The summed E-state index contributed by atoms with van der Waals surface area (Å²) in [5, 5.41) is 22.0. The van der Waals surface area contributed by atoms with Gasteiger partial charge in [-0.15, -0.1) is 0 Å². The second-order valence-electron chi connectivity index (χ2n) is 8.39. The van der Waals surface area contributed by atoms with E-state index in [9.17, 15) is 9.59 Å². The lowest BCUT2D eigenvalue weighted by Crippen LogP contribution is -2.29. The third kappa shape index (κ3) is 9.97. The van der Waals surface area contributed by atoms with E-state index >= 15 is 0 Å². The molecule has 0 aliphatic rings. The molecule has 0 radical (unpaired) electrons. The quantitative estimate of drug-likeness (QED) is 0.182. The smallest absolute Gasteiger partial charge is 0.230 e. The number of nitrogens with one attached hydrogen (secondary N) is 4. The van der Waals surface area contributed by atoms with Crippen LogP contribution in [0, 0.1) is 31.6 Å². The van der Waals surface area contributed by atoms with Gasteiger partial charge in [0, 0.05) is 16.7 Å². The molecule has 4 N–H and O–H groups in total. The Morgan fingerprint density at radius 3 is 2.22 bits per heavy atom. The van der Waals surface area contributed by atoms with Crippen molar-refractivity contribution in [2.75, 3.05) is 0 Å². The number of hydrogen-bond acceptors (Lipinski definition) is 8. The van der Waals surface area contributed by atoms with E-state index < -0.39 is 0 Å². The minimum absolute atomic E-state index is 0.0810. The number of carbonyl (C=O) groups is 2. The van der Waals surface area contributed by atoms with Crippen molar-refractivity contribution in [3.63, 3.8) is 0 Å². The summed E-state index contributed by atoms with van der Waals surface area (Å²) in [5.74, 6) is 1.03. The molecule has 0 spiro atoms. The second kappa shape index (κ2) is 14.5. The summed E-state index contributed by atoms with van der Waals surface area (Å²) in [6.07, 6.45) is 8.97. The van der Waals surface area contributed by atoms with Crippen molar-refractivity contribution in [2.24, 2.45) is 0 Å². The van der Waals surface area contributed by atoms with Gasteiger partial charge in [0.1, 0.15) is 11.5 Å². The molecule has 0 aromatic carbocycles. The highest BCUT2D eigenvalue weighted by Gasteiger charge is 2.15. The van der Waals surface area contributed by atoms with Crippen LogP contribution in [0.2, 0.25) is 0 Å². The number of allylic oxidation sites excluding steroid dienone is 2. The van der Waals surface area contributed by atoms with Gasteiger partial charge in [-0.1, -0.05) is 37.1 Å². The third-order valence-electron chi connectivity index (χ3n) is 5.41. The first-order valence-corrected chi connectivity index (χ1v) is 13.3. The molecular weight excluding hydrogens is 508 g/mol. The largest absolute Gasteiger partial charge is 0.469 e. The number of furan rings is 2. The molecule has 2 aromatic rings. The Kier molecular flexibility index (Phi) is 11.7. The van der Waals surface area contributed by atoms with Gasteiger partial charge < -0.3 is 19.5 Å². The maximum absolute atomic E-state index is 12.4. The number of amidine groups is 1. The van der Waals surface area contributed by atoms with Crippen molar-refractivity contribution in [1.82, 2.24) is 10.6 Å². The predicted octanol–water partition coefficient (Wildman–Crippen LogP) is 6.38.